The molecule has 0 bridgehead atoms. The molecule has 2 rings (SSSR count). The summed E-state index contributed by atoms with van der Waals surface area (Å²) < 4.78 is 27.2. The summed E-state index contributed by atoms with van der Waals surface area (Å²) in [6, 6.07) is 12.6. The standard InChI is InChI=1S/C18H20ClNO3S/c1-4-15-7-9-16(10-8-15)20(14(3)18(19)21)24(22,23)17-11-5-13(2)6-12-17/h5-12,14H,4H2,1-3H3. The van der Waals surface area contributed by atoms with Crippen LogP contribution in [0.25, 0.3) is 0 Å². The number of hydrogen-bond donors (Lipinski definition) is 0. The number of carbonyl (C=O) groups excluding carboxylic acids is 1. The van der Waals surface area contributed by atoms with Gasteiger partial charge in [0.15, 0.2) is 0 Å². The van der Waals surface area contributed by atoms with E-state index in [1.807, 2.05) is 26.0 Å². The van der Waals surface area contributed by atoms with E-state index >= 15 is 0 Å². The first-order valence-electron chi connectivity index (χ1n) is 7.66. The molecule has 1 atom stereocenters. The molecule has 0 aromatic heterocycles. The smallest absolute Gasteiger partial charge is 0.265 e. The summed E-state index contributed by atoms with van der Waals surface area (Å²) in [6.45, 7) is 5.37. The Kier molecular flexibility index (Phi) is 5.67. The van der Waals surface area contributed by atoms with Gasteiger partial charge in [-0.2, -0.15) is 0 Å². The molecule has 2 aromatic carbocycles. The van der Waals surface area contributed by atoms with E-state index in [1.54, 1.807) is 24.3 Å². The van der Waals surface area contributed by atoms with E-state index in [0.717, 1.165) is 21.9 Å². The molecule has 0 amide bonds. The molecule has 0 saturated heterocycles. The second-order valence-corrected chi connectivity index (χ2v) is 7.80. The van der Waals surface area contributed by atoms with Gasteiger partial charge in [0.05, 0.1) is 10.6 Å². The van der Waals surface area contributed by atoms with Gasteiger partial charge in [-0.1, -0.05) is 36.8 Å². The summed E-state index contributed by atoms with van der Waals surface area (Å²) in [7, 11) is -3.91. The minimum absolute atomic E-state index is 0.123. The number of aryl methyl sites for hydroxylation is 2. The Hall–Kier alpha value is -1.85. The third-order valence-corrected chi connectivity index (χ3v) is 6.09. The van der Waals surface area contributed by atoms with Crippen molar-refractivity contribution >= 4 is 32.6 Å². The van der Waals surface area contributed by atoms with E-state index in [-0.39, 0.29) is 4.90 Å². The first kappa shape index (κ1) is 18.5. The summed E-state index contributed by atoms with van der Waals surface area (Å²) in [5.41, 5.74) is 2.44. The van der Waals surface area contributed by atoms with Gasteiger partial charge in [0, 0.05) is 0 Å². The van der Waals surface area contributed by atoms with Crippen molar-refractivity contribution in [2.45, 2.75) is 38.1 Å². The minimum atomic E-state index is -3.91. The molecule has 1 unspecified atom stereocenters. The number of anilines is 1. The molecule has 0 radical (unpaired) electrons. The van der Waals surface area contributed by atoms with Gasteiger partial charge >= 0.3 is 0 Å². The van der Waals surface area contributed by atoms with Gasteiger partial charge in [-0.25, -0.2) is 8.42 Å². The average Bonchev–Trinajstić information content (AvgIpc) is 2.55. The zero-order valence-electron chi connectivity index (χ0n) is 13.9. The molecule has 128 valence electrons. The van der Waals surface area contributed by atoms with Crippen LogP contribution < -0.4 is 4.31 Å². The van der Waals surface area contributed by atoms with Gasteiger partial charge in [-0.15, -0.1) is 0 Å². The first-order valence-corrected chi connectivity index (χ1v) is 9.48. The molecule has 0 N–H and O–H groups in total. The Morgan fingerprint density at radius 3 is 2.08 bits per heavy atom. The summed E-state index contributed by atoms with van der Waals surface area (Å²) in [5.74, 6) is 0. The second kappa shape index (κ2) is 7.36. The van der Waals surface area contributed by atoms with Crippen molar-refractivity contribution in [1.29, 1.82) is 0 Å². The lowest BCUT2D eigenvalue weighted by Gasteiger charge is -2.28. The third kappa shape index (κ3) is 3.79. The van der Waals surface area contributed by atoms with Gasteiger partial charge in [0.1, 0.15) is 6.04 Å². The highest BCUT2D eigenvalue weighted by Crippen LogP contribution is 2.27. The Morgan fingerprint density at radius 1 is 1.08 bits per heavy atom. The number of hydrogen-bond acceptors (Lipinski definition) is 3. The van der Waals surface area contributed by atoms with Gasteiger partial charge in [0.25, 0.3) is 10.0 Å². The van der Waals surface area contributed by atoms with Crippen LogP contribution in [0.15, 0.2) is 53.4 Å². The topological polar surface area (TPSA) is 54.5 Å². The van der Waals surface area contributed by atoms with Crippen LogP contribution in [0.2, 0.25) is 0 Å². The minimum Gasteiger partial charge on any atom is -0.279 e. The molecule has 0 aliphatic rings. The second-order valence-electron chi connectivity index (χ2n) is 5.61. The van der Waals surface area contributed by atoms with E-state index < -0.39 is 21.3 Å². The van der Waals surface area contributed by atoms with Crippen LogP contribution in [0, 0.1) is 6.92 Å². The fraction of sp³-hybridized carbons (Fsp3) is 0.278. The van der Waals surface area contributed by atoms with Crippen LogP contribution >= 0.6 is 11.6 Å². The number of carbonyl (C=O) groups is 1. The van der Waals surface area contributed by atoms with Crippen molar-refractivity contribution in [2.24, 2.45) is 0 Å². The average molecular weight is 366 g/mol. The van der Waals surface area contributed by atoms with E-state index in [4.69, 9.17) is 11.6 Å². The highest BCUT2D eigenvalue weighted by Gasteiger charge is 2.32. The van der Waals surface area contributed by atoms with Crippen molar-refractivity contribution in [3.8, 4) is 0 Å². The summed E-state index contributed by atoms with van der Waals surface area (Å²) in [6.07, 6.45) is 0.842. The van der Waals surface area contributed by atoms with E-state index in [1.165, 1.54) is 19.1 Å². The van der Waals surface area contributed by atoms with Gasteiger partial charge in [0.2, 0.25) is 5.24 Å². The molecule has 0 fully saturated rings. The SMILES string of the molecule is CCc1ccc(N(C(C)C(=O)Cl)S(=O)(=O)c2ccc(C)cc2)cc1. The molecular formula is C18H20ClNO3S. The predicted octanol–water partition coefficient (Wildman–Crippen LogP) is 3.91. The summed E-state index contributed by atoms with van der Waals surface area (Å²) >= 11 is 5.61. The largest absolute Gasteiger partial charge is 0.279 e. The van der Waals surface area contributed by atoms with Crippen molar-refractivity contribution in [3.63, 3.8) is 0 Å². The molecule has 0 heterocycles. The number of halogens is 1. The van der Waals surface area contributed by atoms with E-state index in [2.05, 4.69) is 0 Å². The summed E-state index contributed by atoms with van der Waals surface area (Å²) in [4.78, 5) is 11.8. The highest BCUT2D eigenvalue weighted by atomic mass is 35.5. The maximum Gasteiger partial charge on any atom is 0.265 e. The van der Waals surface area contributed by atoms with Crippen LogP contribution in [0.3, 0.4) is 0 Å². The monoisotopic (exact) mass is 365 g/mol. The Labute approximate surface area is 148 Å². The molecule has 6 heteroatoms. The van der Waals surface area contributed by atoms with E-state index in [0.29, 0.717) is 5.69 Å². The van der Waals surface area contributed by atoms with Crippen molar-refractivity contribution < 1.29 is 13.2 Å². The highest BCUT2D eigenvalue weighted by molar-refractivity contribution is 7.93. The van der Waals surface area contributed by atoms with Crippen molar-refractivity contribution in [3.05, 3.63) is 59.7 Å². The zero-order chi connectivity index (χ0) is 17.9. The Bertz CT molecular complexity index is 814. The first-order chi connectivity index (χ1) is 11.3. The molecule has 0 aliphatic carbocycles. The molecule has 0 spiro atoms. The fourth-order valence-electron chi connectivity index (χ4n) is 2.37. The maximum absolute atomic E-state index is 13.1. The number of nitrogens with zero attached hydrogens (tertiary/aromatic N) is 1. The summed E-state index contributed by atoms with van der Waals surface area (Å²) in [5, 5.41) is -0.731. The lowest BCUT2D eigenvalue weighted by atomic mass is 10.1. The lowest BCUT2D eigenvalue weighted by molar-refractivity contribution is -0.112. The molecule has 24 heavy (non-hydrogen) atoms. The third-order valence-electron chi connectivity index (χ3n) is 3.86. The molecule has 2 aromatic rings. The normalized spacial score (nSPS) is 12.7. The van der Waals surface area contributed by atoms with Gasteiger partial charge < -0.3 is 0 Å². The van der Waals surface area contributed by atoms with Crippen molar-refractivity contribution in [2.75, 3.05) is 4.31 Å². The molecule has 0 saturated carbocycles. The quantitative estimate of drug-likeness (QED) is 0.729. The van der Waals surface area contributed by atoms with Gasteiger partial charge in [-0.05, 0) is 61.7 Å². The van der Waals surface area contributed by atoms with Crippen LogP contribution in [0.1, 0.15) is 25.0 Å². The van der Waals surface area contributed by atoms with Crippen LogP contribution in [-0.4, -0.2) is 19.7 Å². The Morgan fingerprint density at radius 2 is 1.62 bits per heavy atom. The van der Waals surface area contributed by atoms with Crippen molar-refractivity contribution in [1.82, 2.24) is 0 Å². The Balaban J connectivity index is 2.56. The lowest BCUT2D eigenvalue weighted by Crippen LogP contribution is -2.42. The predicted molar refractivity (Wildman–Crippen MR) is 97.0 cm³/mol. The van der Waals surface area contributed by atoms with Crippen LogP contribution in [-0.2, 0) is 21.2 Å². The molecular weight excluding hydrogens is 346 g/mol. The van der Waals surface area contributed by atoms with E-state index in [9.17, 15) is 13.2 Å². The number of rotatable bonds is 6. The fourth-order valence-corrected chi connectivity index (χ4v) is 4.14. The molecule has 4 nitrogen and oxygen atoms in total. The zero-order valence-corrected chi connectivity index (χ0v) is 15.4. The number of sulfonamides is 1. The van der Waals surface area contributed by atoms with Crippen LogP contribution in [0.4, 0.5) is 5.69 Å². The number of benzene rings is 2. The van der Waals surface area contributed by atoms with Crippen LogP contribution in [0.5, 0.6) is 0 Å². The molecule has 0 aliphatic heterocycles. The maximum atomic E-state index is 13.1. The van der Waals surface area contributed by atoms with Gasteiger partial charge in [-0.3, -0.25) is 9.10 Å².